The van der Waals surface area contributed by atoms with Gasteiger partial charge in [0.25, 0.3) is 0 Å². The number of hydrogen-bond donors (Lipinski definition) is 1. The Bertz CT molecular complexity index is 577. The van der Waals surface area contributed by atoms with Crippen LogP contribution in [0.4, 0.5) is 0 Å². The van der Waals surface area contributed by atoms with E-state index in [1.165, 1.54) is 0 Å². The number of imidazole rings is 1. The normalized spacial score (nSPS) is 11.0. The van der Waals surface area contributed by atoms with Gasteiger partial charge >= 0.3 is 0 Å². The third-order valence-corrected chi connectivity index (χ3v) is 2.13. The largest absolute Gasteiger partial charge is 0.361 e. The van der Waals surface area contributed by atoms with Crippen LogP contribution in [0, 0.1) is 6.92 Å². The number of aromatic amines is 1. The fraction of sp³-hybridized carbons (Fsp3) is 0.100. The Morgan fingerprint density at radius 1 is 1.40 bits per heavy atom. The second-order valence-electron chi connectivity index (χ2n) is 3.28. The van der Waals surface area contributed by atoms with Crippen molar-refractivity contribution in [3.8, 4) is 11.5 Å². The van der Waals surface area contributed by atoms with Crippen LogP contribution in [0.1, 0.15) is 5.76 Å². The predicted octanol–water partition coefficient (Wildman–Crippen LogP) is 1.92. The van der Waals surface area contributed by atoms with Crippen LogP contribution < -0.4 is 0 Å². The number of H-pyrrole nitrogens is 1. The van der Waals surface area contributed by atoms with Gasteiger partial charge in [0, 0.05) is 12.3 Å². The van der Waals surface area contributed by atoms with E-state index >= 15 is 0 Å². The van der Waals surface area contributed by atoms with Gasteiger partial charge in [0.05, 0.1) is 5.52 Å². The fourth-order valence-corrected chi connectivity index (χ4v) is 1.44. The van der Waals surface area contributed by atoms with Gasteiger partial charge < -0.3 is 9.51 Å². The molecule has 0 saturated heterocycles. The molecule has 0 unspecified atom stereocenters. The smallest absolute Gasteiger partial charge is 0.178 e. The Morgan fingerprint density at radius 2 is 2.33 bits per heavy atom. The summed E-state index contributed by atoms with van der Waals surface area (Å²) in [5.74, 6) is 1.44. The maximum absolute atomic E-state index is 4.98. The molecule has 0 bridgehead atoms. The number of nitrogens with zero attached hydrogens (tertiary/aromatic N) is 3. The summed E-state index contributed by atoms with van der Waals surface area (Å²) in [5, 5.41) is 3.88. The third kappa shape index (κ3) is 1.28. The van der Waals surface area contributed by atoms with Gasteiger partial charge in [-0.15, -0.1) is 0 Å². The average Bonchev–Trinajstić information content (AvgIpc) is 2.82. The quantitative estimate of drug-likeness (QED) is 0.651. The number of pyridine rings is 1. The number of aryl methyl sites for hydroxylation is 1. The summed E-state index contributed by atoms with van der Waals surface area (Å²) in [6.45, 7) is 1.84. The number of fused-ring (bicyclic) bond motifs is 1. The monoisotopic (exact) mass is 200 g/mol. The highest BCUT2D eigenvalue weighted by Crippen LogP contribution is 2.18. The zero-order valence-electron chi connectivity index (χ0n) is 8.06. The Morgan fingerprint density at radius 3 is 3.07 bits per heavy atom. The van der Waals surface area contributed by atoms with Crippen molar-refractivity contribution >= 4 is 11.2 Å². The summed E-state index contributed by atoms with van der Waals surface area (Å²) in [6.07, 6.45) is 1.71. The average molecular weight is 200 g/mol. The standard InChI is InChI=1S/C10H8N4O/c1-6-5-8(14-15-6)10-12-7-3-2-4-11-9(7)13-10/h2-5H,1H3,(H,11,12,13). The Hall–Kier alpha value is -2.17. The van der Waals surface area contributed by atoms with Crippen LogP contribution in [0.15, 0.2) is 28.9 Å². The molecule has 3 aromatic heterocycles. The van der Waals surface area contributed by atoms with Gasteiger partial charge in [0.15, 0.2) is 11.5 Å². The Kier molecular flexibility index (Phi) is 1.58. The first-order chi connectivity index (χ1) is 7.33. The van der Waals surface area contributed by atoms with E-state index in [1.54, 1.807) is 6.20 Å². The third-order valence-electron chi connectivity index (χ3n) is 2.13. The molecule has 5 heteroatoms. The predicted molar refractivity (Wildman–Crippen MR) is 54.1 cm³/mol. The fourth-order valence-electron chi connectivity index (χ4n) is 1.44. The lowest BCUT2D eigenvalue weighted by atomic mass is 10.4. The zero-order valence-corrected chi connectivity index (χ0v) is 8.06. The molecular formula is C10H8N4O. The molecule has 3 heterocycles. The SMILES string of the molecule is Cc1cc(-c2nc3ncccc3[nH]2)no1. The van der Waals surface area contributed by atoms with E-state index in [0.717, 1.165) is 11.3 Å². The van der Waals surface area contributed by atoms with Crippen LogP contribution in [0.25, 0.3) is 22.7 Å². The van der Waals surface area contributed by atoms with Gasteiger partial charge in [-0.05, 0) is 19.1 Å². The van der Waals surface area contributed by atoms with E-state index in [4.69, 9.17) is 4.52 Å². The van der Waals surface area contributed by atoms with Crippen LogP contribution in [-0.4, -0.2) is 20.1 Å². The van der Waals surface area contributed by atoms with E-state index in [2.05, 4.69) is 20.1 Å². The first-order valence-corrected chi connectivity index (χ1v) is 4.57. The highest BCUT2D eigenvalue weighted by Gasteiger charge is 2.09. The van der Waals surface area contributed by atoms with Crippen LogP contribution in [0.5, 0.6) is 0 Å². The van der Waals surface area contributed by atoms with Crippen molar-refractivity contribution in [3.05, 3.63) is 30.2 Å². The molecule has 15 heavy (non-hydrogen) atoms. The zero-order chi connectivity index (χ0) is 10.3. The summed E-state index contributed by atoms with van der Waals surface area (Å²) < 4.78 is 4.98. The lowest BCUT2D eigenvalue weighted by Gasteiger charge is -1.83. The summed E-state index contributed by atoms with van der Waals surface area (Å²) in [7, 11) is 0. The van der Waals surface area contributed by atoms with Crippen molar-refractivity contribution in [3.63, 3.8) is 0 Å². The lowest BCUT2D eigenvalue weighted by molar-refractivity contribution is 0.399. The molecule has 74 valence electrons. The van der Waals surface area contributed by atoms with Crippen molar-refractivity contribution < 1.29 is 4.52 Å². The maximum atomic E-state index is 4.98. The summed E-state index contributed by atoms with van der Waals surface area (Å²) in [4.78, 5) is 11.6. The van der Waals surface area contributed by atoms with Crippen LogP contribution in [0.2, 0.25) is 0 Å². The molecule has 0 aromatic carbocycles. The number of rotatable bonds is 1. The summed E-state index contributed by atoms with van der Waals surface area (Å²) in [6, 6.07) is 5.61. The van der Waals surface area contributed by atoms with Crippen molar-refractivity contribution in [1.82, 2.24) is 20.1 Å². The van der Waals surface area contributed by atoms with Crippen molar-refractivity contribution in [2.24, 2.45) is 0 Å². The maximum Gasteiger partial charge on any atom is 0.178 e. The number of aromatic nitrogens is 4. The first kappa shape index (κ1) is 8.16. The number of nitrogens with one attached hydrogen (secondary N) is 1. The topological polar surface area (TPSA) is 67.6 Å². The molecule has 5 nitrogen and oxygen atoms in total. The molecule has 0 amide bonds. The van der Waals surface area contributed by atoms with E-state index < -0.39 is 0 Å². The molecule has 1 N–H and O–H groups in total. The molecule has 3 aromatic rings. The molecule has 0 radical (unpaired) electrons. The van der Waals surface area contributed by atoms with Crippen LogP contribution in [-0.2, 0) is 0 Å². The molecule has 0 aliphatic carbocycles. The van der Waals surface area contributed by atoms with Gasteiger partial charge in [-0.1, -0.05) is 5.16 Å². The minimum atomic E-state index is 0.681. The van der Waals surface area contributed by atoms with Gasteiger partial charge in [0.2, 0.25) is 0 Å². The van der Waals surface area contributed by atoms with Gasteiger partial charge in [0.1, 0.15) is 11.5 Å². The summed E-state index contributed by atoms with van der Waals surface area (Å²) >= 11 is 0. The van der Waals surface area contributed by atoms with E-state index in [-0.39, 0.29) is 0 Å². The van der Waals surface area contributed by atoms with Crippen molar-refractivity contribution in [2.75, 3.05) is 0 Å². The lowest BCUT2D eigenvalue weighted by Crippen LogP contribution is -1.78. The molecule has 0 aliphatic rings. The minimum Gasteiger partial charge on any atom is -0.361 e. The van der Waals surface area contributed by atoms with E-state index in [9.17, 15) is 0 Å². The summed E-state index contributed by atoms with van der Waals surface area (Å²) in [5.41, 5.74) is 2.28. The second-order valence-corrected chi connectivity index (χ2v) is 3.28. The number of hydrogen-bond acceptors (Lipinski definition) is 4. The molecule has 0 spiro atoms. The second kappa shape index (κ2) is 2.91. The highest BCUT2D eigenvalue weighted by molar-refractivity contribution is 5.74. The first-order valence-electron chi connectivity index (χ1n) is 4.57. The van der Waals surface area contributed by atoms with Gasteiger partial charge in [-0.25, -0.2) is 9.97 Å². The molecule has 3 rings (SSSR count). The van der Waals surface area contributed by atoms with Crippen LogP contribution in [0.3, 0.4) is 0 Å². The van der Waals surface area contributed by atoms with Crippen molar-refractivity contribution in [1.29, 1.82) is 0 Å². The van der Waals surface area contributed by atoms with E-state index in [0.29, 0.717) is 17.2 Å². The molecule has 0 atom stereocenters. The van der Waals surface area contributed by atoms with Crippen LogP contribution >= 0.6 is 0 Å². The van der Waals surface area contributed by atoms with E-state index in [1.807, 2.05) is 25.1 Å². The van der Waals surface area contributed by atoms with Gasteiger partial charge in [-0.3, -0.25) is 0 Å². The minimum absolute atomic E-state index is 0.681. The Balaban J connectivity index is 2.19. The Labute approximate surface area is 85.1 Å². The molecule has 0 aliphatic heterocycles. The highest BCUT2D eigenvalue weighted by atomic mass is 16.5. The molecular weight excluding hydrogens is 192 g/mol. The van der Waals surface area contributed by atoms with Gasteiger partial charge in [-0.2, -0.15) is 0 Å². The van der Waals surface area contributed by atoms with Crippen molar-refractivity contribution in [2.45, 2.75) is 6.92 Å². The molecule has 0 saturated carbocycles. The molecule has 0 fully saturated rings.